The molecule has 0 bridgehead atoms. The fourth-order valence-electron chi connectivity index (χ4n) is 4.20. The van der Waals surface area contributed by atoms with Crippen molar-refractivity contribution in [1.29, 1.82) is 0 Å². The van der Waals surface area contributed by atoms with E-state index in [2.05, 4.69) is 14.1 Å². The van der Waals surface area contributed by atoms with Crippen LogP contribution in [0.4, 0.5) is 4.39 Å². The molecule has 6 heteroatoms. The Morgan fingerprint density at radius 2 is 2.00 bits per heavy atom. The molecule has 2 atom stereocenters. The number of aliphatic hydroxyl groups excluding tert-OH is 1. The number of fused-ring (bicyclic) bond motifs is 2. The zero-order chi connectivity index (χ0) is 19.2. The minimum Gasteiger partial charge on any atom is -0.492 e. The summed E-state index contributed by atoms with van der Waals surface area (Å²) in [6.07, 6.45) is 0.703. The van der Waals surface area contributed by atoms with Gasteiger partial charge in [0.1, 0.15) is 11.9 Å². The number of hydrogen-bond donors (Lipinski definition) is 1. The van der Waals surface area contributed by atoms with Crippen LogP contribution in [0.25, 0.3) is 0 Å². The largest absolute Gasteiger partial charge is 0.492 e. The number of ether oxygens (including phenoxy) is 3. The van der Waals surface area contributed by atoms with Crippen LogP contribution in [0.1, 0.15) is 35.3 Å². The van der Waals surface area contributed by atoms with E-state index in [1.54, 1.807) is 19.2 Å². The monoisotopic (exact) mass is 374 g/mol. The van der Waals surface area contributed by atoms with Crippen molar-refractivity contribution in [3.63, 3.8) is 0 Å². The van der Waals surface area contributed by atoms with Gasteiger partial charge in [0.05, 0.1) is 39.4 Å². The third-order valence-corrected chi connectivity index (χ3v) is 5.78. The van der Waals surface area contributed by atoms with Gasteiger partial charge in [-0.15, -0.1) is 0 Å². The second-order valence-electron chi connectivity index (χ2n) is 7.79. The van der Waals surface area contributed by atoms with Crippen molar-refractivity contribution in [3.8, 4) is 17.2 Å². The van der Waals surface area contributed by atoms with Gasteiger partial charge < -0.3 is 23.8 Å². The van der Waals surface area contributed by atoms with Crippen LogP contribution >= 0.6 is 0 Å². The Balaban J connectivity index is 1.75. The maximum Gasteiger partial charge on any atom is 0.231 e. The van der Waals surface area contributed by atoms with Gasteiger partial charge in [-0.2, -0.15) is 0 Å². The van der Waals surface area contributed by atoms with Crippen molar-refractivity contribution in [3.05, 3.63) is 52.8 Å². The van der Waals surface area contributed by atoms with E-state index >= 15 is 0 Å². The second-order valence-corrected chi connectivity index (χ2v) is 7.79. The van der Waals surface area contributed by atoms with Crippen LogP contribution in [0, 0.1) is 5.82 Å². The molecule has 0 amide bonds. The number of likely N-dealkylation sites (N-methyl/N-ethyl adjacent to an activating group) is 1. The Labute approximate surface area is 158 Å². The predicted octanol–water partition coefficient (Wildman–Crippen LogP) is 3.36. The molecule has 27 heavy (non-hydrogen) atoms. The van der Waals surface area contributed by atoms with Gasteiger partial charge in [-0.1, -0.05) is 12.1 Å². The van der Waals surface area contributed by atoms with Gasteiger partial charge in [0, 0.05) is 12.8 Å². The van der Waals surface area contributed by atoms with E-state index < -0.39 is 6.10 Å². The fourth-order valence-corrected chi connectivity index (χ4v) is 4.20. The minimum absolute atomic E-state index is 0.0123. The van der Waals surface area contributed by atoms with Crippen molar-refractivity contribution in [1.82, 2.24) is 0 Å². The Hall–Kier alpha value is -2.31. The van der Waals surface area contributed by atoms with Crippen LogP contribution in [0.15, 0.2) is 30.3 Å². The molecule has 0 unspecified atom stereocenters. The van der Waals surface area contributed by atoms with Crippen molar-refractivity contribution in [2.75, 3.05) is 34.5 Å². The van der Waals surface area contributed by atoms with E-state index in [-0.39, 0.29) is 18.7 Å². The maximum absolute atomic E-state index is 13.2. The number of hydrogen-bond acceptors (Lipinski definition) is 4. The third kappa shape index (κ3) is 3.13. The van der Waals surface area contributed by atoms with E-state index in [4.69, 9.17) is 14.2 Å². The summed E-state index contributed by atoms with van der Waals surface area (Å²) in [5, 5.41) is 10.8. The number of quaternary nitrogens is 1. The number of rotatable bonds is 4. The molecular formula is C21H25FNO4+. The van der Waals surface area contributed by atoms with Gasteiger partial charge >= 0.3 is 0 Å². The van der Waals surface area contributed by atoms with Crippen molar-refractivity contribution in [2.24, 2.45) is 0 Å². The summed E-state index contributed by atoms with van der Waals surface area (Å²) in [4.78, 5) is 0. The number of aliphatic hydroxyl groups is 1. The first-order chi connectivity index (χ1) is 12.9. The molecule has 2 aliphatic heterocycles. The zero-order valence-corrected chi connectivity index (χ0v) is 15.9. The summed E-state index contributed by atoms with van der Waals surface area (Å²) in [6.45, 7) is 1.13. The smallest absolute Gasteiger partial charge is 0.231 e. The molecule has 0 spiro atoms. The maximum atomic E-state index is 13.2. The highest BCUT2D eigenvalue weighted by molar-refractivity contribution is 5.61. The van der Waals surface area contributed by atoms with Crippen molar-refractivity contribution >= 4 is 0 Å². The SMILES string of the molecule is COc1c2c(cc3c1[C@@H](C[C@@H](O)c1ccc(F)cc1)[N+](C)(C)CC3)OCO2. The summed E-state index contributed by atoms with van der Waals surface area (Å²) in [7, 11) is 5.96. The number of halogens is 1. The molecule has 1 N–H and O–H groups in total. The van der Waals surface area contributed by atoms with Crippen LogP contribution in [0.2, 0.25) is 0 Å². The Morgan fingerprint density at radius 3 is 2.70 bits per heavy atom. The molecule has 0 aromatic heterocycles. The molecule has 144 valence electrons. The molecule has 4 rings (SSSR count). The first kappa shape index (κ1) is 18.1. The average Bonchev–Trinajstić information content (AvgIpc) is 3.11. The molecule has 2 aromatic rings. The van der Waals surface area contributed by atoms with E-state index in [0.29, 0.717) is 23.5 Å². The lowest BCUT2D eigenvalue weighted by Gasteiger charge is -2.44. The molecular weight excluding hydrogens is 349 g/mol. The molecule has 2 aliphatic rings. The highest BCUT2D eigenvalue weighted by Gasteiger charge is 2.42. The number of nitrogens with zero attached hydrogens (tertiary/aromatic N) is 1. The van der Waals surface area contributed by atoms with Crippen molar-refractivity contribution in [2.45, 2.75) is 25.0 Å². The highest BCUT2D eigenvalue weighted by atomic mass is 19.1. The van der Waals surface area contributed by atoms with Crippen LogP contribution in [0.5, 0.6) is 17.2 Å². The summed E-state index contributed by atoms with van der Waals surface area (Å²) in [5.74, 6) is 1.75. The van der Waals surface area contributed by atoms with E-state index in [1.165, 1.54) is 17.7 Å². The van der Waals surface area contributed by atoms with Crippen LogP contribution in [0.3, 0.4) is 0 Å². The standard InChI is InChI=1S/C21H25FNO4/c1-23(2)9-8-14-10-18-20(27-12-26-18)21(25-3)19(14)16(23)11-17(24)13-4-6-15(22)7-5-13/h4-7,10,16-17,24H,8-9,11-12H2,1-3H3/q+1/t16-,17-/m1/s1. The molecule has 0 aliphatic carbocycles. The highest BCUT2D eigenvalue weighted by Crippen LogP contribution is 2.52. The molecule has 2 heterocycles. The van der Waals surface area contributed by atoms with Crippen LogP contribution in [-0.4, -0.2) is 44.1 Å². The Kier molecular flexibility index (Phi) is 4.48. The second kappa shape index (κ2) is 6.69. The average molecular weight is 374 g/mol. The van der Waals surface area contributed by atoms with Gasteiger partial charge in [0.2, 0.25) is 12.5 Å². The first-order valence-electron chi connectivity index (χ1n) is 9.16. The summed E-state index contributed by atoms with van der Waals surface area (Å²) >= 11 is 0. The van der Waals surface area contributed by atoms with E-state index in [9.17, 15) is 9.50 Å². The first-order valence-corrected chi connectivity index (χ1v) is 9.16. The lowest BCUT2D eigenvalue weighted by atomic mass is 9.85. The summed E-state index contributed by atoms with van der Waals surface area (Å²) in [6, 6.07) is 8.09. The number of methoxy groups -OCH3 is 1. The molecule has 0 saturated heterocycles. The fraction of sp³-hybridized carbons (Fsp3) is 0.429. The molecule has 0 saturated carbocycles. The minimum atomic E-state index is -0.700. The van der Waals surface area contributed by atoms with Crippen LogP contribution in [-0.2, 0) is 6.42 Å². The third-order valence-electron chi connectivity index (χ3n) is 5.78. The summed E-state index contributed by atoms with van der Waals surface area (Å²) < 4.78 is 30.9. The molecule has 5 nitrogen and oxygen atoms in total. The Morgan fingerprint density at radius 1 is 1.26 bits per heavy atom. The lowest BCUT2D eigenvalue weighted by molar-refractivity contribution is -0.924. The normalized spacial score (nSPS) is 20.9. The molecule has 0 fully saturated rings. The predicted molar refractivity (Wildman–Crippen MR) is 98.5 cm³/mol. The van der Waals surface area contributed by atoms with Crippen LogP contribution < -0.4 is 14.2 Å². The lowest BCUT2D eigenvalue weighted by Crippen LogP contribution is -2.48. The summed E-state index contributed by atoms with van der Waals surface area (Å²) in [5.41, 5.74) is 2.95. The van der Waals surface area contributed by atoms with E-state index in [0.717, 1.165) is 28.8 Å². The topological polar surface area (TPSA) is 47.9 Å². The number of benzene rings is 2. The zero-order valence-electron chi connectivity index (χ0n) is 15.9. The quantitative estimate of drug-likeness (QED) is 0.834. The van der Waals surface area contributed by atoms with Gasteiger partial charge in [-0.25, -0.2) is 4.39 Å². The van der Waals surface area contributed by atoms with E-state index in [1.807, 2.05) is 6.07 Å². The molecule has 2 aromatic carbocycles. The van der Waals surface area contributed by atoms with Gasteiger partial charge in [0.15, 0.2) is 11.5 Å². The van der Waals surface area contributed by atoms with Gasteiger partial charge in [-0.05, 0) is 29.3 Å². The van der Waals surface area contributed by atoms with Gasteiger partial charge in [0.25, 0.3) is 0 Å². The Bertz CT molecular complexity index is 850. The molecule has 0 radical (unpaired) electrons. The van der Waals surface area contributed by atoms with Crippen molar-refractivity contribution < 1.29 is 28.2 Å². The van der Waals surface area contributed by atoms with Gasteiger partial charge in [-0.3, -0.25) is 0 Å².